The Labute approximate surface area is 193 Å². The van der Waals surface area contributed by atoms with E-state index in [-0.39, 0.29) is 18.4 Å². The fourth-order valence-corrected chi connectivity index (χ4v) is 6.32. The summed E-state index contributed by atoms with van der Waals surface area (Å²) in [6.07, 6.45) is 2.40. The first-order valence-electron chi connectivity index (χ1n) is 10.4. The summed E-state index contributed by atoms with van der Waals surface area (Å²) in [6.45, 7) is 3.55. The van der Waals surface area contributed by atoms with Crippen molar-refractivity contribution in [1.82, 2.24) is 15.2 Å². The molecule has 0 radical (unpaired) electrons. The second-order valence-corrected chi connectivity index (χ2v) is 9.99. The van der Waals surface area contributed by atoms with Crippen LogP contribution in [-0.2, 0) is 28.1 Å². The van der Waals surface area contributed by atoms with Crippen molar-refractivity contribution in [1.29, 1.82) is 0 Å². The molecule has 7 nitrogen and oxygen atoms in total. The molecule has 1 fully saturated rings. The van der Waals surface area contributed by atoms with E-state index in [4.69, 9.17) is 0 Å². The van der Waals surface area contributed by atoms with Gasteiger partial charge in [-0.2, -0.15) is 0 Å². The van der Waals surface area contributed by atoms with Gasteiger partial charge in [0.25, 0.3) is 5.91 Å². The Balaban J connectivity index is 1.40. The maximum atomic E-state index is 13.4. The second kappa shape index (κ2) is 7.83. The third-order valence-electron chi connectivity index (χ3n) is 5.99. The number of aryl methyl sites for hydroxylation is 2. The molecule has 5 rings (SSSR count). The van der Waals surface area contributed by atoms with Gasteiger partial charge in [-0.3, -0.25) is 19.4 Å². The largest absolute Gasteiger partial charge is 0.325 e. The van der Waals surface area contributed by atoms with E-state index in [2.05, 4.69) is 10.3 Å². The molecule has 164 valence electrons. The summed E-state index contributed by atoms with van der Waals surface area (Å²) in [6, 6.07) is 9.19. The molecule has 0 bridgehead atoms. The van der Waals surface area contributed by atoms with Crippen molar-refractivity contribution in [2.45, 2.75) is 45.2 Å². The number of benzene rings is 1. The van der Waals surface area contributed by atoms with Crippen LogP contribution in [0.2, 0.25) is 0 Å². The molecule has 1 aliphatic heterocycles. The maximum absolute atomic E-state index is 13.4. The van der Waals surface area contributed by atoms with Gasteiger partial charge in [-0.05, 0) is 49.8 Å². The molecule has 2 aromatic heterocycles. The molecular formula is C23H22N4O3S2. The zero-order chi connectivity index (χ0) is 22.5. The van der Waals surface area contributed by atoms with Crippen LogP contribution in [-0.4, -0.2) is 27.7 Å². The minimum absolute atomic E-state index is 0.0715. The Bertz CT molecular complexity index is 1220. The SMILES string of the molecule is CC(=O)N(c1ccc(C)cc1)c1nc(CN2C(=O)NC3(CCCc4sccc43)C2=O)cs1. The van der Waals surface area contributed by atoms with Crippen molar-refractivity contribution < 1.29 is 14.4 Å². The number of fused-ring (bicyclic) bond motifs is 2. The zero-order valence-electron chi connectivity index (χ0n) is 17.8. The smallest absolute Gasteiger partial charge is 0.319 e. The van der Waals surface area contributed by atoms with Gasteiger partial charge in [0.15, 0.2) is 5.13 Å². The normalized spacial score (nSPS) is 19.9. The number of aromatic nitrogens is 1. The van der Waals surface area contributed by atoms with E-state index in [1.165, 1.54) is 23.2 Å². The van der Waals surface area contributed by atoms with E-state index >= 15 is 0 Å². The number of thiazole rings is 1. The minimum Gasteiger partial charge on any atom is -0.319 e. The van der Waals surface area contributed by atoms with Gasteiger partial charge in [0.2, 0.25) is 5.91 Å². The highest BCUT2D eigenvalue weighted by molar-refractivity contribution is 7.14. The Morgan fingerprint density at radius 2 is 2.00 bits per heavy atom. The summed E-state index contributed by atoms with van der Waals surface area (Å²) in [5.41, 5.74) is 2.36. The van der Waals surface area contributed by atoms with Crippen molar-refractivity contribution in [3.63, 3.8) is 0 Å². The van der Waals surface area contributed by atoms with Crippen LogP contribution in [0.25, 0.3) is 0 Å². The summed E-state index contributed by atoms with van der Waals surface area (Å²) >= 11 is 2.95. The van der Waals surface area contributed by atoms with Crippen LogP contribution in [0.1, 0.15) is 41.5 Å². The third kappa shape index (κ3) is 3.32. The number of carbonyl (C=O) groups is 3. The molecule has 1 spiro atoms. The molecular weight excluding hydrogens is 444 g/mol. The van der Waals surface area contributed by atoms with Crippen molar-refractivity contribution in [2.24, 2.45) is 0 Å². The fourth-order valence-electron chi connectivity index (χ4n) is 4.44. The molecule has 2 aliphatic rings. The van der Waals surface area contributed by atoms with Crippen molar-refractivity contribution in [3.05, 3.63) is 62.8 Å². The molecule has 1 unspecified atom stereocenters. The van der Waals surface area contributed by atoms with Crippen molar-refractivity contribution in [3.8, 4) is 0 Å². The average Bonchev–Trinajstić information content (AvgIpc) is 3.47. The third-order valence-corrected chi connectivity index (χ3v) is 7.85. The van der Waals surface area contributed by atoms with Crippen LogP contribution in [0.5, 0.6) is 0 Å². The number of nitrogens with one attached hydrogen (secondary N) is 1. The van der Waals surface area contributed by atoms with Crippen LogP contribution in [0.4, 0.5) is 15.6 Å². The highest BCUT2D eigenvalue weighted by atomic mass is 32.1. The highest BCUT2D eigenvalue weighted by Crippen LogP contribution is 2.42. The first-order chi connectivity index (χ1) is 15.4. The number of amides is 4. The number of carbonyl (C=O) groups excluding carboxylic acids is 3. The van der Waals surface area contributed by atoms with E-state index in [9.17, 15) is 14.4 Å². The van der Waals surface area contributed by atoms with Gasteiger partial charge in [0, 0.05) is 22.7 Å². The topological polar surface area (TPSA) is 82.6 Å². The molecule has 0 saturated carbocycles. The minimum atomic E-state index is -0.961. The van der Waals surface area contributed by atoms with Gasteiger partial charge in [-0.15, -0.1) is 22.7 Å². The van der Waals surface area contributed by atoms with Crippen LogP contribution < -0.4 is 10.2 Å². The quantitative estimate of drug-likeness (QED) is 0.575. The second-order valence-electron chi connectivity index (χ2n) is 8.15. The van der Waals surface area contributed by atoms with Crippen LogP contribution >= 0.6 is 22.7 Å². The van der Waals surface area contributed by atoms with E-state index in [1.54, 1.807) is 21.6 Å². The molecule has 3 aromatic rings. The molecule has 32 heavy (non-hydrogen) atoms. The van der Waals surface area contributed by atoms with E-state index in [0.717, 1.165) is 34.5 Å². The van der Waals surface area contributed by atoms with Gasteiger partial charge in [0.1, 0.15) is 5.54 Å². The van der Waals surface area contributed by atoms with Crippen molar-refractivity contribution >= 4 is 51.3 Å². The lowest BCUT2D eigenvalue weighted by molar-refractivity contribution is -0.132. The van der Waals surface area contributed by atoms with Gasteiger partial charge >= 0.3 is 6.03 Å². The Kier molecular flexibility index (Phi) is 5.10. The lowest BCUT2D eigenvalue weighted by Crippen LogP contribution is -2.46. The predicted octanol–water partition coefficient (Wildman–Crippen LogP) is 4.48. The fraction of sp³-hybridized carbons (Fsp3) is 0.304. The number of anilines is 2. The maximum Gasteiger partial charge on any atom is 0.325 e. The number of thiophene rings is 1. The zero-order valence-corrected chi connectivity index (χ0v) is 19.4. The number of hydrogen-bond acceptors (Lipinski definition) is 6. The predicted molar refractivity (Wildman–Crippen MR) is 124 cm³/mol. The standard InChI is InChI=1S/C23H22N4O3S2/c1-14-5-7-17(8-6-14)27(15(2)28)22-24-16(13-32-22)12-26-20(29)23(25-21(26)30)10-3-4-19-18(23)9-11-31-19/h5-9,11,13H,3-4,10,12H2,1-2H3,(H,25,30). The van der Waals surface area contributed by atoms with Crippen LogP contribution in [0, 0.1) is 6.92 Å². The first-order valence-corrected chi connectivity index (χ1v) is 12.2. The molecule has 1 aliphatic carbocycles. The summed E-state index contributed by atoms with van der Waals surface area (Å²) < 4.78 is 0. The number of rotatable bonds is 4. The number of urea groups is 1. The van der Waals surface area contributed by atoms with Gasteiger partial charge in [-0.25, -0.2) is 9.78 Å². The molecule has 1 saturated heterocycles. The first kappa shape index (κ1) is 20.8. The Morgan fingerprint density at radius 1 is 1.22 bits per heavy atom. The van der Waals surface area contributed by atoms with Crippen LogP contribution in [0.3, 0.4) is 0 Å². The lowest BCUT2D eigenvalue weighted by Gasteiger charge is -2.31. The van der Waals surface area contributed by atoms with Gasteiger partial charge < -0.3 is 5.32 Å². The summed E-state index contributed by atoms with van der Waals surface area (Å²) in [7, 11) is 0. The van der Waals surface area contributed by atoms with E-state index in [1.807, 2.05) is 42.6 Å². The molecule has 3 heterocycles. The molecule has 1 N–H and O–H groups in total. The Hall–Kier alpha value is -3.04. The lowest BCUT2D eigenvalue weighted by atomic mass is 9.80. The monoisotopic (exact) mass is 466 g/mol. The number of nitrogens with zero attached hydrogens (tertiary/aromatic N) is 3. The summed E-state index contributed by atoms with van der Waals surface area (Å²) in [4.78, 5) is 47.1. The van der Waals surface area contributed by atoms with Gasteiger partial charge in [0.05, 0.1) is 17.9 Å². The van der Waals surface area contributed by atoms with E-state index in [0.29, 0.717) is 17.2 Å². The summed E-state index contributed by atoms with van der Waals surface area (Å²) in [5.74, 6) is -0.380. The molecule has 9 heteroatoms. The average molecular weight is 467 g/mol. The summed E-state index contributed by atoms with van der Waals surface area (Å²) in [5, 5.41) is 7.25. The molecule has 1 atom stereocenters. The Morgan fingerprint density at radius 3 is 2.75 bits per heavy atom. The highest BCUT2D eigenvalue weighted by Gasteiger charge is 2.54. The number of imide groups is 1. The molecule has 4 amide bonds. The van der Waals surface area contributed by atoms with E-state index < -0.39 is 11.6 Å². The van der Waals surface area contributed by atoms with Crippen LogP contribution in [0.15, 0.2) is 41.1 Å². The van der Waals surface area contributed by atoms with Crippen molar-refractivity contribution in [2.75, 3.05) is 4.90 Å². The molecule has 1 aromatic carbocycles. The van der Waals surface area contributed by atoms with Gasteiger partial charge in [-0.1, -0.05) is 17.7 Å². The number of hydrogen-bond donors (Lipinski definition) is 1.